The van der Waals surface area contributed by atoms with Gasteiger partial charge in [-0.05, 0) is 37.0 Å². The molecule has 0 bridgehead atoms. The third kappa shape index (κ3) is 2.92. The minimum Gasteiger partial charge on any atom is -0.398 e. The van der Waals surface area contributed by atoms with Crippen molar-refractivity contribution < 1.29 is 13.5 Å². The van der Waals surface area contributed by atoms with Gasteiger partial charge in [-0.2, -0.15) is 0 Å². The van der Waals surface area contributed by atoms with Crippen molar-refractivity contribution in [3.63, 3.8) is 0 Å². The highest BCUT2D eigenvalue weighted by molar-refractivity contribution is 7.89. The number of rotatable bonds is 4. The van der Waals surface area contributed by atoms with Crippen LogP contribution in [0.4, 0.5) is 11.4 Å². The third-order valence-corrected chi connectivity index (χ3v) is 4.11. The summed E-state index contributed by atoms with van der Waals surface area (Å²) >= 11 is 0. The van der Waals surface area contributed by atoms with Gasteiger partial charge in [-0.1, -0.05) is 0 Å². The number of aliphatic hydroxyl groups excluding tert-OH is 1. The molecule has 1 aliphatic carbocycles. The fraction of sp³-hybridized carbons (Fsp3) is 0.455. The Morgan fingerprint density at radius 2 is 2.06 bits per heavy atom. The fourth-order valence-corrected chi connectivity index (χ4v) is 2.69. The van der Waals surface area contributed by atoms with Gasteiger partial charge in [0.05, 0.1) is 11.8 Å². The smallest absolute Gasteiger partial charge is 0.240 e. The largest absolute Gasteiger partial charge is 0.398 e. The van der Waals surface area contributed by atoms with Crippen LogP contribution in [0.15, 0.2) is 23.1 Å². The maximum Gasteiger partial charge on any atom is 0.240 e. The molecule has 1 aliphatic rings. The molecule has 0 atom stereocenters. The molecule has 1 aromatic carbocycles. The summed E-state index contributed by atoms with van der Waals surface area (Å²) in [5, 5.41) is 17.3. The molecule has 0 spiro atoms. The molecular formula is C11H17N3O3S. The molecule has 0 radical (unpaired) electrons. The van der Waals surface area contributed by atoms with Crippen molar-refractivity contribution >= 4 is 21.4 Å². The predicted molar refractivity (Wildman–Crippen MR) is 69.4 cm³/mol. The lowest BCUT2D eigenvalue weighted by Crippen LogP contribution is -2.33. The van der Waals surface area contributed by atoms with Gasteiger partial charge in [0.2, 0.25) is 10.0 Å². The van der Waals surface area contributed by atoms with E-state index in [0.717, 1.165) is 25.1 Å². The maximum atomic E-state index is 11.2. The van der Waals surface area contributed by atoms with Crippen LogP contribution in [-0.2, 0) is 10.0 Å². The van der Waals surface area contributed by atoms with Crippen LogP contribution < -0.4 is 16.2 Å². The monoisotopic (exact) mass is 271 g/mol. The molecule has 0 aromatic heterocycles. The number of nitrogens with two attached hydrogens (primary N) is 2. The van der Waals surface area contributed by atoms with Crippen molar-refractivity contribution in [1.82, 2.24) is 0 Å². The van der Waals surface area contributed by atoms with Crippen LogP contribution in [0.2, 0.25) is 0 Å². The number of anilines is 2. The first-order valence-corrected chi connectivity index (χ1v) is 7.25. The number of nitrogen functional groups attached to an aromatic ring is 1. The second-order valence-corrected chi connectivity index (χ2v) is 6.20. The van der Waals surface area contributed by atoms with E-state index in [-0.39, 0.29) is 16.7 Å². The lowest BCUT2D eigenvalue weighted by Gasteiger charge is -2.31. The number of nitrogens with one attached hydrogen (secondary N) is 1. The second-order valence-electron chi connectivity index (χ2n) is 4.67. The molecule has 100 valence electrons. The summed E-state index contributed by atoms with van der Waals surface area (Å²) in [7, 11) is -3.77. The van der Waals surface area contributed by atoms with Gasteiger partial charge >= 0.3 is 0 Å². The fourth-order valence-electron chi connectivity index (χ4n) is 2.05. The van der Waals surface area contributed by atoms with Crippen LogP contribution in [0, 0.1) is 5.92 Å². The average Bonchev–Trinajstić information content (AvgIpc) is 2.21. The molecule has 0 amide bonds. The Labute approximate surface area is 106 Å². The standard InChI is InChI=1S/C11H17N3O3S/c12-10-5-8(1-2-11(10)18(13,16)17)14-6-7-3-9(15)4-7/h1-2,5,7,9,14-15H,3-4,6,12H2,(H2,13,16,17). The van der Waals surface area contributed by atoms with Gasteiger partial charge in [-0.3, -0.25) is 0 Å². The summed E-state index contributed by atoms with van der Waals surface area (Å²) < 4.78 is 22.3. The highest BCUT2D eigenvalue weighted by Gasteiger charge is 2.26. The lowest BCUT2D eigenvalue weighted by atomic mass is 9.82. The first kappa shape index (κ1) is 13.1. The second kappa shape index (κ2) is 4.75. The van der Waals surface area contributed by atoms with Crippen molar-refractivity contribution in [3.8, 4) is 0 Å². The third-order valence-electron chi connectivity index (χ3n) is 3.12. The molecule has 0 saturated heterocycles. The Bertz CT molecular complexity index is 538. The van der Waals surface area contributed by atoms with Gasteiger partial charge in [0.15, 0.2) is 0 Å². The van der Waals surface area contributed by atoms with E-state index in [1.165, 1.54) is 6.07 Å². The van der Waals surface area contributed by atoms with Gasteiger partial charge in [0.25, 0.3) is 0 Å². The predicted octanol–water partition coefficient (Wildman–Crippen LogP) is 0.0990. The van der Waals surface area contributed by atoms with E-state index in [0.29, 0.717) is 5.92 Å². The van der Waals surface area contributed by atoms with Crippen molar-refractivity contribution in [1.29, 1.82) is 0 Å². The summed E-state index contributed by atoms with van der Waals surface area (Å²) in [5.74, 6) is 0.458. The quantitative estimate of drug-likeness (QED) is 0.579. The Hall–Kier alpha value is -1.31. The van der Waals surface area contributed by atoms with Crippen molar-refractivity contribution in [2.24, 2.45) is 11.1 Å². The van der Waals surface area contributed by atoms with Gasteiger partial charge in [0, 0.05) is 12.2 Å². The van der Waals surface area contributed by atoms with Crippen LogP contribution in [0.25, 0.3) is 0 Å². The van der Waals surface area contributed by atoms with E-state index in [1.54, 1.807) is 12.1 Å². The molecule has 1 fully saturated rings. The first-order chi connectivity index (χ1) is 8.36. The van der Waals surface area contributed by atoms with Crippen LogP contribution in [-0.4, -0.2) is 26.2 Å². The van der Waals surface area contributed by atoms with E-state index in [1.807, 2.05) is 0 Å². The van der Waals surface area contributed by atoms with Crippen molar-refractivity contribution in [2.45, 2.75) is 23.8 Å². The summed E-state index contributed by atoms with van der Waals surface area (Å²) in [5.41, 5.74) is 6.53. The van der Waals surface area contributed by atoms with E-state index in [9.17, 15) is 8.42 Å². The van der Waals surface area contributed by atoms with Gasteiger partial charge in [-0.25, -0.2) is 13.6 Å². The minimum absolute atomic E-state index is 0.0629. The van der Waals surface area contributed by atoms with Crippen LogP contribution >= 0.6 is 0 Å². The van der Waals surface area contributed by atoms with Gasteiger partial charge in [0.1, 0.15) is 4.90 Å². The van der Waals surface area contributed by atoms with Gasteiger partial charge in [-0.15, -0.1) is 0 Å². The summed E-state index contributed by atoms with van der Waals surface area (Å²) in [6.07, 6.45) is 1.43. The highest BCUT2D eigenvalue weighted by Crippen LogP contribution is 2.28. The maximum absolute atomic E-state index is 11.2. The van der Waals surface area contributed by atoms with E-state index in [4.69, 9.17) is 16.0 Å². The van der Waals surface area contributed by atoms with E-state index >= 15 is 0 Å². The molecule has 6 N–H and O–H groups in total. The summed E-state index contributed by atoms with van der Waals surface area (Å²) in [6.45, 7) is 0.741. The molecule has 1 saturated carbocycles. The lowest BCUT2D eigenvalue weighted by molar-refractivity contribution is 0.0487. The molecule has 2 rings (SSSR count). The molecule has 18 heavy (non-hydrogen) atoms. The zero-order valence-electron chi connectivity index (χ0n) is 9.83. The highest BCUT2D eigenvalue weighted by atomic mass is 32.2. The molecule has 0 heterocycles. The zero-order chi connectivity index (χ0) is 13.3. The van der Waals surface area contributed by atoms with E-state index < -0.39 is 10.0 Å². The Kier molecular flexibility index (Phi) is 3.47. The molecule has 1 aromatic rings. The van der Waals surface area contributed by atoms with Gasteiger partial charge < -0.3 is 16.2 Å². The number of hydrogen-bond donors (Lipinski definition) is 4. The average molecular weight is 271 g/mol. The SMILES string of the molecule is Nc1cc(NCC2CC(O)C2)ccc1S(N)(=O)=O. The normalized spacial score (nSPS) is 23.4. The topological polar surface area (TPSA) is 118 Å². The van der Waals surface area contributed by atoms with Crippen molar-refractivity contribution in [2.75, 3.05) is 17.6 Å². The minimum atomic E-state index is -3.77. The molecule has 7 heteroatoms. The zero-order valence-corrected chi connectivity index (χ0v) is 10.7. The Balaban J connectivity index is 2.01. The van der Waals surface area contributed by atoms with Crippen LogP contribution in [0.5, 0.6) is 0 Å². The van der Waals surface area contributed by atoms with Crippen LogP contribution in [0.3, 0.4) is 0 Å². The Morgan fingerprint density at radius 1 is 1.39 bits per heavy atom. The number of sulfonamides is 1. The number of primary sulfonamides is 1. The molecule has 0 aliphatic heterocycles. The van der Waals surface area contributed by atoms with Crippen molar-refractivity contribution in [3.05, 3.63) is 18.2 Å². The number of hydrogen-bond acceptors (Lipinski definition) is 5. The summed E-state index contributed by atoms with van der Waals surface area (Å²) in [6, 6.07) is 4.57. The number of aliphatic hydroxyl groups is 1. The molecular weight excluding hydrogens is 254 g/mol. The summed E-state index contributed by atoms with van der Waals surface area (Å²) in [4.78, 5) is -0.0629. The van der Waals surface area contributed by atoms with Crippen LogP contribution in [0.1, 0.15) is 12.8 Å². The van der Waals surface area contributed by atoms with E-state index in [2.05, 4.69) is 5.32 Å². The first-order valence-electron chi connectivity index (χ1n) is 5.70. The number of benzene rings is 1. The Morgan fingerprint density at radius 3 is 2.56 bits per heavy atom. The molecule has 0 unspecified atom stereocenters. The molecule has 6 nitrogen and oxygen atoms in total.